The third kappa shape index (κ3) is 1.59. The van der Waals surface area contributed by atoms with Crippen molar-refractivity contribution in [3.8, 4) is 5.75 Å². The molecule has 0 aromatic carbocycles. The van der Waals surface area contributed by atoms with Gasteiger partial charge in [-0.2, -0.15) is 5.10 Å². The van der Waals surface area contributed by atoms with Crippen molar-refractivity contribution >= 4 is 7.32 Å². The molecule has 1 aromatic rings. The first-order chi connectivity index (χ1) is 5.52. The lowest BCUT2D eigenvalue weighted by Gasteiger charge is -2.03. The minimum atomic E-state index is -1.79. The van der Waals surface area contributed by atoms with Crippen LogP contribution in [0, 0.1) is 13.8 Å². The van der Waals surface area contributed by atoms with Crippen LogP contribution in [0.1, 0.15) is 11.4 Å². The number of aryl methyl sites for hydroxylation is 2. The van der Waals surface area contributed by atoms with Crippen molar-refractivity contribution in [3.05, 3.63) is 11.4 Å². The number of nitrogens with zero attached hydrogens (tertiary/aromatic N) is 2. The van der Waals surface area contributed by atoms with E-state index in [1.54, 1.807) is 25.6 Å². The number of hydrogen-bond acceptors (Lipinski definition) is 4. The Balaban J connectivity index is 2.97. The molecule has 1 aromatic heterocycles. The highest BCUT2D eigenvalue weighted by Crippen LogP contribution is 2.21. The summed E-state index contributed by atoms with van der Waals surface area (Å²) >= 11 is 0. The van der Waals surface area contributed by atoms with Crippen LogP contribution in [0.3, 0.4) is 0 Å². The van der Waals surface area contributed by atoms with Gasteiger partial charge >= 0.3 is 7.32 Å². The van der Waals surface area contributed by atoms with E-state index < -0.39 is 7.32 Å². The molecule has 0 saturated heterocycles. The molecule has 0 saturated carbocycles. The van der Waals surface area contributed by atoms with Crippen molar-refractivity contribution in [1.82, 2.24) is 9.78 Å². The Kier molecular flexibility index (Phi) is 2.39. The maximum atomic E-state index is 8.56. The Labute approximate surface area is 70.8 Å². The smallest absolute Gasteiger partial charge is 0.509 e. The molecule has 5 nitrogen and oxygen atoms in total. The van der Waals surface area contributed by atoms with E-state index in [1.165, 1.54) is 0 Å². The highest BCUT2D eigenvalue weighted by atomic mass is 16.6. The summed E-state index contributed by atoms with van der Waals surface area (Å²) < 4.78 is 6.34. The fourth-order valence-corrected chi connectivity index (χ4v) is 1.03. The molecule has 2 N–H and O–H groups in total. The van der Waals surface area contributed by atoms with Crippen LogP contribution < -0.4 is 4.65 Å². The summed E-state index contributed by atoms with van der Waals surface area (Å²) in [6.07, 6.45) is 0. The molecule has 0 fully saturated rings. The van der Waals surface area contributed by atoms with Gasteiger partial charge in [0.2, 0.25) is 0 Å². The number of aromatic nitrogens is 2. The summed E-state index contributed by atoms with van der Waals surface area (Å²) in [7, 11) is -0.0227. The van der Waals surface area contributed by atoms with Crippen molar-refractivity contribution in [1.29, 1.82) is 0 Å². The van der Waals surface area contributed by atoms with E-state index >= 15 is 0 Å². The zero-order valence-corrected chi connectivity index (χ0v) is 7.27. The Morgan fingerprint density at radius 1 is 1.42 bits per heavy atom. The first-order valence-corrected chi connectivity index (χ1v) is 3.55. The van der Waals surface area contributed by atoms with Crippen molar-refractivity contribution in [3.63, 3.8) is 0 Å². The molecule has 12 heavy (non-hydrogen) atoms. The Bertz CT molecular complexity index is 285. The van der Waals surface area contributed by atoms with Gasteiger partial charge in [-0.3, -0.25) is 4.68 Å². The predicted molar refractivity (Wildman–Crippen MR) is 43.5 cm³/mol. The maximum absolute atomic E-state index is 8.56. The van der Waals surface area contributed by atoms with Gasteiger partial charge in [0.15, 0.2) is 0 Å². The van der Waals surface area contributed by atoms with Gasteiger partial charge < -0.3 is 14.7 Å². The first-order valence-electron chi connectivity index (χ1n) is 3.55. The fraction of sp³-hybridized carbons (Fsp3) is 0.500. The second-order valence-corrected chi connectivity index (χ2v) is 2.57. The summed E-state index contributed by atoms with van der Waals surface area (Å²) in [5.41, 5.74) is 1.41. The van der Waals surface area contributed by atoms with Gasteiger partial charge in [0.05, 0.1) is 11.4 Å². The fourth-order valence-electron chi connectivity index (χ4n) is 1.03. The largest absolute Gasteiger partial charge is 0.707 e. The summed E-state index contributed by atoms with van der Waals surface area (Å²) in [5.74, 6) is 0.424. The van der Waals surface area contributed by atoms with Gasteiger partial charge in [-0.1, -0.05) is 0 Å². The molecular formula is C6H11BN2O3. The maximum Gasteiger partial charge on any atom is 0.707 e. The average molecular weight is 170 g/mol. The Morgan fingerprint density at radius 3 is 2.33 bits per heavy atom. The van der Waals surface area contributed by atoms with E-state index in [0.29, 0.717) is 11.4 Å². The molecule has 0 aliphatic carbocycles. The predicted octanol–water partition coefficient (Wildman–Crippen LogP) is -0.615. The van der Waals surface area contributed by atoms with Gasteiger partial charge in [0.1, 0.15) is 5.75 Å². The van der Waals surface area contributed by atoms with E-state index in [0.717, 1.165) is 5.69 Å². The second-order valence-electron chi connectivity index (χ2n) is 2.57. The standard InChI is InChI=1S/C6H11BN2O3/c1-4-6(12-7(10)11)5(2)9(3)8-4/h10-11H,1-3H3. The van der Waals surface area contributed by atoms with Crippen molar-refractivity contribution in [2.45, 2.75) is 13.8 Å². The highest BCUT2D eigenvalue weighted by Gasteiger charge is 2.17. The molecule has 0 bridgehead atoms. The van der Waals surface area contributed by atoms with E-state index in [1.807, 2.05) is 0 Å². The molecule has 0 aliphatic heterocycles. The Morgan fingerprint density at radius 2 is 2.00 bits per heavy atom. The van der Waals surface area contributed by atoms with Crippen LogP contribution in [0.25, 0.3) is 0 Å². The summed E-state index contributed by atoms with van der Waals surface area (Å²) in [6.45, 7) is 3.53. The quantitative estimate of drug-likeness (QED) is 0.580. The minimum absolute atomic E-state index is 0.424. The molecule has 0 aliphatic rings. The van der Waals surface area contributed by atoms with Crippen LogP contribution in [0.5, 0.6) is 5.75 Å². The molecule has 66 valence electrons. The molecule has 1 heterocycles. The molecular weight excluding hydrogens is 159 g/mol. The molecule has 1 rings (SSSR count). The minimum Gasteiger partial charge on any atom is -0.509 e. The van der Waals surface area contributed by atoms with Crippen LogP contribution in [0.15, 0.2) is 0 Å². The van der Waals surface area contributed by atoms with E-state index in [9.17, 15) is 0 Å². The normalized spacial score (nSPS) is 10.1. The summed E-state index contributed by atoms with van der Waals surface area (Å²) in [6, 6.07) is 0. The highest BCUT2D eigenvalue weighted by molar-refractivity contribution is 6.33. The summed E-state index contributed by atoms with van der Waals surface area (Å²) in [5, 5.41) is 21.2. The van der Waals surface area contributed by atoms with Gasteiger partial charge in [0.25, 0.3) is 0 Å². The van der Waals surface area contributed by atoms with Crippen molar-refractivity contribution in [2.75, 3.05) is 0 Å². The van der Waals surface area contributed by atoms with Gasteiger partial charge in [-0.25, -0.2) is 0 Å². The molecule has 0 unspecified atom stereocenters. The molecule has 6 heteroatoms. The average Bonchev–Trinajstić information content (AvgIpc) is 2.16. The third-order valence-electron chi connectivity index (χ3n) is 1.67. The first kappa shape index (κ1) is 9.09. The van der Waals surface area contributed by atoms with Crippen LogP contribution >= 0.6 is 0 Å². The van der Waals surface area contributed by atoms with Crippen molar-refractivity contribution in [2.24, 2.45) is 7.05 Å². The van der Waals surface area contributed by atoms with Crippen LogP contribution in [0.2, 0.25) is 0 Å². The van der Waals surface area contributed by atoms with Gasteiger partial charge in [-0.05, 0) is 13.8 Å². The van der Waals surface area contributed by atoms with Gasteiger partial charge in [-0.15, -0.1) is 0 Å². The molecule has 0 radical (unpaired) electrons. The lowest BCUT2D eigenvalue weighted by Crippen LogP contribution is -2.21. The lowest BCUT2D eigenvalue weighted by atomic mass is 10.2. The van der Waals surface area contributed by atoms with Crippen LogP contribution in [0.4, 0.5) is 0 Å². The van der Waals surface area contributed by atoms with Crippen LogP contribution in [-0.4, -0.2) is 27.1 Å². The molecule has 0 amide bonds. The SMILES string of the molecule is Cc1nn(C)c(C)c1OB(O)O. The third-order valence-corrected chi connectivity index (χ3v) is 1.67. The van der Waals surface area contributed by atoms with E-state index in [-0.39, 0.29) is 0 Å². The van der Waals surface area contributed by atoms with E-state index in [4.69, 9.17) is 14.7 Å². The molecule has 0 atom stereocenters. The van der Waals surface area contributed by atoms with Gasteiger partial charge in [0, 0.05) is 7.05 Å². The van der Waals surface area contributed by atoms with Crippen molar-refractivity contribution < 1.29 is 14.7 Å². The second kappa shape index (κ2) is 3.16. The zero-order valence-electron chi connectivity index (χ0n) is 7.27. The van der Waals surface area contributed by atoms with Crippen LogP contribution in [-0.2, 0) is 7.05 Å². The zero-order chi connectivity index (χ0) is 9.30. The van der Waals surface area contributed by atoms with E-state index in [2.05, 4.69) is 5.10 Å². The summed E-state index contributed by atoms with van der Waals surface area (Å²) in [4.78, 5) is 0. The molecule has 0 spiro atoms. The number of rotatable bonds is 2. The lowest BCUT2D eigenvalue weighted by molar-refractivity contribution is 0.286. The monoisotopic (exact) mass is 170 g/mol. The Hall–Kier alpha value is -1.01. The topological polar surface area (TPSA) is 67.5 Å². The number of hydrogen-bond donors (Lipinski definition) is 2.